The zero-order valence-electron chi connectivity index (χ0n) is 16.0. The molecule has 0 bridgehead atoms. The average molecular weight is 399 g/mol. The van der Waals surface area contributed by atoms with Crippen LogP contribution in [-0.2, 0) is 6.54 Å². The fourth-order valence-electron chi connectivity index (χ4n) is 3.02. The van der Waals surface area contributed by atoms with E-state index in [4.69, 9.17) is 21.4 Å². The van der Waals surface area contributed by atoms with E-state index in [1.165, 1.54) is 0 Å². The van der Waals surface area contributed by atoms with Gasteiger partial charge in [0.05, 0.1) is 23.6 Å². The normalized spacial score (nSPS) is 10.8. The van der Waals surface area contributed by atoms with Gasteiger partial charge in [-0.05, 0) is 55.3 Å². The highest BCUT2D eigenvalue weighted by molar-refractivity contribution is 6.30. The van der Waals surface area contributed by atoms with Crippen molar-refractivity contribution < 1.29 is 14.6 Å². The van der Waals surface area contributed by atoms with E-state index in [2.05, 4.69) is 6.92 Å². The van der Waals surface area contributed by atoms with Crippen LogP contribution in [0.5, 0.6) is 5.75 Å². The molecule has 1 aromatic heterocycles. The van der Waals surface area contributed by atoms with E-state index in [0.29, 0.717) is 28.6 Å². The van der Waals surface area contributed by atoms with Gasteiger partial charge in [0.2, 0.25) is 0 Å². The summed E-state index contributed by atoms with van der Waals surface area (Å²) in [6, 6.07) is 14.5. The van der Waals surface area contributed by atoms with Crippen LogP contribution in [0.1, 0.15) is 37.0 Å². The summed E-state index contributed by atoms with van der Waals surface area (Å²) in [6.45, 7) is 5.29. The van der Waals surface area contributed by atoms with Crippen molar-refractivity contribution in [1.82, 2.24) is 9.78 Å². The molecule has 0 fully saturated rings. The van der Waals surface area contributed by atoms with Crippen LogP contribution in [0, 0.1) is 0 Å². The summed E-state index contributed by atoms with van der Waals surface area (Å²) in [7, 11) is 0. The number of carboxylic acid groups (broad SMARTS) is 1. The molecule has 3 rings (SSSR count). The van der Waals surface area contributed by atoms with Crippen LogP contribution in [-0.4, -0.2) is 27.5 Å². The summed E-state index contributed by atoms with van der Waals surface area (Å²) >= 11 is 6.03. The lowest BCUT2D eigenvalue weighted by molar-refractivity contribution is 0.0697. The van der Waals surface area contributed by atoms with Crippen LogP contribution in [0.15, 0.2) is 48.5 Å². The summed E-state index contributed by atoms with van der Waals surface area (Å²) in [5.74, 6) is -0.358. The van der Waals surface area contributed by atoms with Gasteiger partial charge in [-0.15, -0.1) is 0 Å². The number of rotatable bonds is 8. The third-order valence-corrected chi connectivity index (χ3v) is 4.70. The molecular weight excluding hydrogens is 376 g/mol. The number of aryl methyl sites for hydroxylation is 1. The monoisotopic (exact) mass is 398 g/mol. The van der Waals surface area contributed by atoms with Gasteiger partial charge in [0.25, 0.3) is 0 Å². The summed E-state index contributed by atoms with van der Waals surface area (Å²) in [5, 5.41) is 14.8. The molecule has 1 heterocycles. The van der Waals surface area contributed by atoms with Gasteiger partial charge in [-0.25, -0.2) is 4.79 Å². The molecule has 0 aliphatic rings. The number of hydrogen-bond acceptors (Lipinski definition) is 3. The average Bonchev–Trinajstić information content (AvgIpc) is 3.11. The number of nitrogens with zero attached hydrogens (tertiary/aromatic N) is 2. The van der Waals surface area contributed by atoms with Crippen LogP contribution in [0.25, 0.3) is 22.5 Å². The van der Waals surface area contributed by atoms with Crippen molar-refractivity contribution in [3.63, 3.8) is 0 Å². The first-order valence-corrected chi connectivity index (χ1v) is 9.75. The highest BCUT2D eigenvalue weighted by Crippen LogP contribution is 2.34. The van der Waals surface area contributed by atoms with Gasteiger partial charge in [0.1, 0.15) is 5.75 Å². The number of aromatic carboxylic acids is 1. The smallest absolute Gasteiger partial charge is 0.335 e. The summed E-state index contributed by atoms with van der Waals surface area (Å²) in [5.41, 5.74) is 3.53. The van der Waals surface area contributed by atoms with Crippen molar-refractivity contribution in [2.24, 2.45) is 0 Å². The largest absolute Gasteiger partial charge is 0.493 e. The number of aromatic nitrogens is 2. The molecule has 0 saturated carbocycles. The molecule has 28 heavy (non-hydrogen) atoms. The maximum Gasteiger partial charge on any atom is 0.335 e. The first-order valence-electron chi connectivity index (χ1n) is 9.37. The van der Waals surface area contributed by atoms with E-state index in [-0.39, 0.29) is 5.56 Å². The van der Waals surface area contributed by atoms with Crippen molar-refractivity contribution in [2.75, 3.05) is 6.61 Å². The van der Waals surface area contributed by atoms with Gasteiger partial charge < -0.3 is 9.84 Å². The van der Waals surface area contributed by atoms with Crippen molar-refractivity contribution in [3.8, 4) is 28.3 Å². The molecule has 0 saturated heterocycles. The predicted molar refractivity (Wildman–Crippen MR) is 111 cm³/mol. The van der Waals surface area contributed by atoms with Crippen LogP contribution in [0.2, 0.25) is 5.02 Å². The molecule has 5 nitrogen and oxygen atoms in total. The number of benzene rings is 2. The lowest BCUT2D eigenvalue weighted by Crippen LogP contribution is -2.03. The number of ether oxygens (including phenoxy) is 1. The second-order valence-corrected chi connectivity index (χ2v) is 6.88. The molecule has 0 spiro atoms. The topological polar surface area (TPSA) is 64.4 Å². The Bertz CT molecular complexity index is 964. The second kappa shape index (κ2) is 8.93. The quantitative estimate of drug-likeness (QED) is 0.523. The molecule has 2 aromatic carbocycles. The Morgan fingerprint density at radius 3 is 2.54 bits per heavy atom. The lowest BCUT2D eigenvalue weighted by atomic mass is 10.1. The third kappa shape index (κ3) is 4.37. The zero-order valence-corrected chi connectivity index (χ0v) is 16.7. The minimum atomic E-state index is -0.979. The number of carbonyl (C=O) groups is 1. The Labute approximate surface area is 169 Å². The minimum absolute atomic E-state index is 0.203. The molecule has 3 aromatic rings. The van der Waals surface area contributed by atoms with Gasteiger partial charge in [-0.3, -0.25) is 4.68 Å². The van der Waals surface area contributed by atoms with Gasteiger partial charge >= 0.3 is 5.97 Å². The van der Waals surface area contributed by atoms with E-state index < -0.39 is 5.97 Å². The van der Waals surface area contributed by atoms with Crippen molar-refractivity contribution >= 4 is 17.6 Å². The Balaban J connectivity index is 2.12. The SMILES string of the molecule is CCCCn1nc(-c2cc(C(=O)O)ccc2OCC)cc1-c1ccc(Cl)cc1. The standard InChI is InChI=1S/C22H23ClN2O3/c1-3-5-12-25-20(15-6-9-17(23)10-7-15)14-19(24-25)18-13-16(22(26)27)8-11-21(18)28-4-2/h6-11,13-14H,3-5,12H2,1-2H3,(H,26,27). The van der Waals surface area contributed by atoms with Gasteiger partial charge in [-0.2, -0.15) is 5.10 Å². The van der Waals surface area contributed by atoms with E-state index in [9.17, 15) is 9.90 Å². The van der Waals surface area contributed by atoms with Crippen LogP contribution >= 0.6 is 11.6 Å². The molecule has 0 aliphatic carbocycles. The molecule has 0 radical (unpaired) electrons. The number of hydrogen-bond donors (Lipinski definition) is 1. The van der Waals surface area contributed by atoms with E-state index in [0.717, 1.165) is 30.6 Å². The lowest BCUT2D eigenvalue weighted by Gasteiger charge is -2.09. The van der Waals surface area contributed by atoms with E-state index in [1.807, 2.05) is 41.9 Å². The minimum Gasteiger partial charge on any atom is -0.493 e. The highest BCUT2D eigenvalue weighted by Gasteiger charge is 2.17. The molecule has 6 heteroatoms. The summed E-state index contributed by atoms with van der Waals surface area (Å²) < 4.78 is 7.68. The molecule has 0 unspecified atom stereocenters. The summed E-state index contributed by atoms with van der Waals surface area (Å²) in [4.78, 5) is 11.4. The Hall–Kier alpha value is -2.79. The van der Waals surface area contributed by atoms with Crippen LogP contribution < -0.4 is 4.74 Å². The Morgan fingerprint density at radius 1 is 1.14 bits per heavy atom. The second-order valence-electron chi connectivity index (χ2n) is 6.45. The fraction of sp³-hybridized carbons (Fsp3) is 0.273. The zero-order chi connectivity index (χ0) is 20.1. The third-order valence-electron chi connectivity index (χ3n) is 4.45. The predicted octanol–water partition coefficient (Wildman–Crippen LogP) is 5.77. The number of carboxylic acids is 1. The molecule has 146 valence electrons. The van der Waals surface area contributed by atoms with Gasteiger partial charge in [-0.1, -0.05) is 37.1 Å². The van der Waals surface area contributed by atoms with Crippen molar-refractivity contribution in [3.05, 3.63) is 59.1 Å². The van der Waals surface area contributed by atoms with Crippen molar-refractivity contribution in [1.29, 1.82) is 0 Å². The Kier molecular flexibility index (Phi) is 6.37. The maximum absolute atomic E-state index is 11.4. The van der Waals surface area contributed by atoms with Crippen LogP contribution in [0.4, 0.5) is 0 Å². The molecule has 0 aliphatic heterocycles. The maximum atomic E-state index is 11.4. The van der Waals surface area contributed by atoms with E-state index >= 15 is 0 Å². The van der Waals surface area contributed by atoms with Gasteiger partial charge in [0, 0.05) is 17.1 Å². The fourth-order valence-corrected chi connectivity index (χ4v) is 3.15. The molecular formula is C22H23ClN2O3. The highest BCUT2D eigenvalue weighted by atomic mass is 35.5. The first kappa shape index (κ1) is 20.0. The summed E-state index contributed by atoms with van der Waals surface area (Å²) in [6.07, 6.45) is 2.04. The van der Waals surface area contributed by atoms with E-state index in [1.54, 1.807) is 18.2 Å². The van der Waals surface area contributed by atoms with Gasteiger partial charge in [0.15, 0.2) is 0 Å². The number of halogens is 1. The molecule has 0 atom stereocenters. The van der Waals surface area contributed by atoms with Crippen LogP contribution in [0.3, 0.4) is 0 Å². The molecule has 0 amide bonds. The Morgan fingerprint density at radius 2 is 1.89 bits per heavy atom. The first-order chi connectivity index (χ1) is 13.5. The molecule has 1 N–H and O–H groups in total. The number of unbranched alkanes of at least 4 members (excludes halogenated alkanes) is 1. The van der Waals surface area contributed by atoms with Crippen molar-refractivity contribution in [2.45, 2.75) is 33.2 Å².